The van der Waals surface area contributed by atoms with Crippen LogP contribution in [-0.4, -0.2) is 31.8 Å². The van der Waals surface area contributed by atoms with Crippen molar-refractivity contribution in [3.8, 4) is 5.75 Å². The fourth-order valence-electron chi connectivity index (χ4n) is 4.10. The molecule has 7 heteroatoms. The number of aliphatic hydroxyl groups is 1. The zero-order chi connectivity index (χ0) is 19.8. The number of hydrogen-bond acceptors (Lipinski definition) is 4. The number of rotatable bonds is 5. The number of H-pyrrole nitrogens is 1. The summed E-state index contributed by atoms with van der Waals surface area (Å²) in [7, 11) is 0. The van der Waals surface area contributed by atoms with Crippen LogP contribution in [0.15, 0.2) is 41.2 Å². The number of nitrogens with one attached hydrogen (secondary N) is 2. The van der Waals surface area contributed by atoms with Gasteiger partial charge in [-0.3, -0.25) is 4.57 Å². The normalized spacial score (nSPS) is 20.2. The van der Waals surface area contributed by atoms with E-state index in [9.17, 15) is 15.0 Å². The van der Waals surface area contributed by atoms with Crippen LogP contribution in [0.3, 0.4) is 0 Å². The lowest BCUT2D eigenvalue weighted by atomic mass is 9.98. The number of benzene rings is 2. The van der Waals surface area contributed by atoms with Crippen molar-refractivity contribution in [2.45, 2.75) is 50.9 Å². The van der Waals surface area contributed by atoms with Gasteiger partial charge in [0.15, 0.2) is 0 Å². The number of aromatic hydroxyl groups is 1. The van der Waals surface area contributed by atoms with E-state index < -0.39 is 6.10 Å². The van der Waals surface area contributed by atoms with Gasteiger partial charge in [-0.2, -0.15) is 0 Å². The molecule has 0 bridgehead atoms. The van der Waals surface area contributed by atoms with E-state index in [0.29, 0.717) is 18.0 Å². The summed E-state index contributed by atoms with van der Waals surface area (Å²) in [5.74, 6) is 0.0965. The number of phenols is 1. The summed E-state index contributed by atoms with van der Waals surface area (Å²) in [6, 6.07) is 10.9. The molecule has 3 atom stereocenters. The van der Waals surface area contributed by atoms with E-state index in [4.69, 9.17) is 11.6 Å². The molecule has 28 heavy (non-hydrogen) atoms. The second kappa shape index (κ2) is 7.62. The number of imidazole rings is 1. The molecule has 0 amide bonds. The van der Waals surface area contributed by atoms with Crippen molar-refractivity contribution in [3.63, 3.8) is 0 Å². The van der Waals surface area contributed by atoms with Crippen LogP contribution in [0.1, 0.15) is 37.0 Å². The molecule has 2 aromatic carbocycles. The Bertz CT molecular complexity index is 1060. The summed E-state index contributed by atoms with van der Waals surface area (Å²) in [5, 5.41) is 24.6. The van der Waals surface area contributed by atoms with E-state index in [1.54, 1.807) is 16.7 Å². The van der Waals surface area contributed by atoms with Crippen molar-refractivity contribution in [2.75, 3.05) is 0 Å². The average molecular weight is 402 g/mol. The van der Waals surface area contributed by atoms with Gasteiger partial charge in [0.1, 0.15) is 5.75 Å². The first-order valence-electron chi connectivity index (χ1n) is 9.57. The van der Waals surface area contributed by atoms with Gasteiger partial charge in [-0.05, 0) is 43.9 Å². The molecule has 0 aliphatic carbocycles. The van der Waals surface area contributed by atoms with Crippen molar-refractivity contribution in [1.29, 1.82) is 0 Å². The summed E-state index contributed by atoms with van der Waals surface area (Å²) in [6.07, 6.45) is 1.49. The van der Waals surface area contributed by atoms with Crippen molar-refractivity contribution in [1.82, 2.24) is 14.9 Å². The fraction of sp³-hybridized carbons (Fsp3) is 0.381. The standard InChI is InChI=1S/C21H24ClN3O3/c1-12(8-9-13-4-2-7-17(26)18(13)22)23-16-10-11-25-19-14(20(16)27)5-3-6-15(19)24-21(25)28/h2-7,12,16,20,23,26-27H,8-11H2,1H3,(H,24,28)/t12?,16-,20-/m1/s1. The minimum absolute atomic E-state index is 0.0965. The first-order chi connectivity index (χ1) is 13.5. The summed E-state index contributed by atoms with van der Waals surface area (Å²) in [6.45, 7) is 2.62. The molecule has 1 aliphatic heterocycles. The predicted octanol–water partition coefficient (Wildman–Crippen LogP) is 3.11. The number of para-hydroxylation sites is 1. The number of aromatic nitrogens is 2. The van der Waals surface area contributed by atoms with Gasteiger partial charge in [-0.15, -0.1) is 0 Å². The number of halogens is 1. The average Bonchev–Trinajstić information content (AvgIpc) is 2.93. The Morgan fingerprint density at radius 2 is 2.11 bits per heavy atom. The second-order valence-corrected chi connectivity index (χ2v) is 7.90. The SMILES string of the molecule is CC(CCc1cccc(O)c1Cl)N[C@@H]1CCn2c(=O)[nH]c3cccc(c32)[C@H]1O. The molecule has 0 saturated carbocycles. The van der Waals surface area contributed by atoms with Crippen molar-refractivity contribution in [2.24, 2.45) is 0 Å². The highest BCUT2D eigenvalue weighted by molar-refractivity contribution is 6.32. The van der Waals surface area contributed by atoms with Gasteiger partial charge in [-0.1, -0.05) is 35.9 Å². The third-order valence-corrected chi connectivity index (χ3v) is 6.03. The van der Waals surface area contributed by atoms with Crippen LogP contribution in [0.2, 0.25) is 5.02 Å². The van der Waals surface area contributed by atoms with E-state index in [1.807, 2.05) is 24.3 Å². The second-order valence-electron chi connectivity index (χ2n) is 7.52. The van der Waals surface area contributed by atoms with E-state index in [0.717, 1.165) is 35.0 Å². The monoisotopic (exact) mass is 401 g/mol. The number of phenolic OH excluding ortho intramolecular Hbond substituents is 1. The van der Waals surface area contributed by atoms with Gasteiger partial charge in [0.2, 0.25) is 0 Å². The number of aliphatic hydroxyl groups excluding tert-OH is 1. The molecule has 6 nitrogen and oxygen atoms in total. The van der Waals surface area contributed by atoms with E-state index in [-0.39, 0.29) is 23.5 Å². The number of hydrogen-bond donors (Lipinski definition) is 4. The zero-order valence-electron chi connectivity index (χ0n) is 15.7. The Hall–Kier alpha value is -2.28. The zero-order valence-corrected chi connectivity index (χ0v) is 16.4. The Kier molecular flexibility index (Phi) is 5.19. The molecule has 0 spiro atoms. The maximum atomic E-state index is 12.2. The Morgan fingerprint density at radius 3 is 2.93 bits per heavy atom. The van der Waals surface area contributed by atoms with E-state index in [1.165, 1.54) is 0 Å². The molecule has 3 aromatic rings. The lowest BCUT2D eigenvalue weighted by Crippen LogP contribution is -2.41. The summed E-state index contributed by atoms with van der Waals surface area (Å²) in [5.41, 5.74) is 3.09. The van der Waals surface area contributed by atoms with Gasteiger partial charge >= 0.3 is 5.69 Å². The van der Waals surface area contributed by atoms with Crippen LogP contribution in [0.5, 0.6) is 5.75 Å². The highest BCUT2D eigenvalue weighted by atomic mass is 35.5. The summed E-state index contributed by atoms with van der Waals surface area (Å²) in [4.78, 5) is 15.1. The van der Waals surface area contributed by atoms with Gasteiger partial charge in [0, 0.05) is 24.2 Å². The van der Waals surface area contributed by atoms with E-state index in [2.05, 4.69) is 17.2 Å². The van der Waals surface area contributed by atoms with Crippen LogP contribution in [0.25, 0.3) is 11.0 Å². The third-order valence-electron chi connectivity index (χ3n) is 5.59. The van der Waals surface area contributed by atoms with Crippen LogP contribution in [0, 0.1) is 0 Å². The Labute approximate surface area is 167 Å². The summed E-state index contributed by atoms with van der Waals surface area (Å²) < 4.78 is 1.72. The van der Waals surface area contributed by atoms with Crippen LogP contribution in [-0.2, 0) is 13.0 Å². The first kappa shape index (κ1) is 19.1. The molecular weight excluding hydrogens is 378 g/mol. The van der Waals surface area contributed by atoms with Gasteiger partial charge in [-0.25, -0.2) is 4.79 Å². The van der Waals surface area contributed by atoms with Gasteiger partial charge in [0.05, 0.1) is 22.2 Å². The maximum absolute atomic E-state index is 12.2. The molecule has 1 unspecified atom stereocenters. The smallest absolute Gasteiger partial charge is 0.326 e. The van der Waals surface area contributed by atoms with Crippen LogP contribution < -0.4 is 11.0 Å². The largest absolute Gasteiger partial charge is 0.506 e. The third kappa shape index (κ3) is 3.43. The topological polar surface area (TPSA) is 90.3 Å². The molecule has 4 N–H and O–H groups in total. The van der Waals surface area contributed by atoms with Crippen LogP contribution in [0.4, 0.5) is 0 Å². The quantitative estimate of drug-likeness (QED) is 0.528. The lowest BCUT2D eigenvalue weighted by molar-refractivity contribution is 0.119. The number of nitrogens with zero attached hydrogens (tertiary/aromatic N) is 1. The minimum Gasteiger partial charge on any atom is -0.506 e. The van der Waals surface area contributed by atoms with Crippen molar-refractivity contribution >= 4 is 22.6 Å². The maximum Gasteiger partial charge on any atom is 0.326 e. The molecule has 4 rings (SSSR count). The van der Waals surface area contributed by atoms with Gasteiger partial charge in [0.25, 0.3) is 0 Å². The minimum atomic E-state index is -0.695. The molecule has 0 fully saturated rings. The fourth-order valence-corrected chi connectivity index (χ4v) is 4.32. The Morgan fingerprint density at radius 1 is 1.32 bits per heavy atom. The van der Waals surface area contributed by atoms with Gasteiger partial charge < -0.3 is 20.5 Å². The molecular formula is C21H24ClN3O3. The van der Waals surface area contributed by atoms with Crippen molar-refractivity contribution < 1.29 is 10.2 Å². The van der Waals surface area contributed by atoms with Crippen LogP contribution >= 0.6 is 11.6 Å². The first-order valence-corrected chi connectivity index (χ1v) is 9.95. The number of aryl methyl sites for hydroxylation is 2. The Balaban J connectivity index is 1.48. The molecule has 2 heterocycles. The van der Waals surface area contributed by atoms with E-state index >= 15 is 0 Å². The predicted molar refractivity (Wildman–Crippen MR) is 110 cm³/mol. The molecule has 0 saturated heterocycles. The highest BCUT2D eigenvalue weighted by Gasteiger charge is 2.29. The lowest BCUT2D eigenvalue weighted by Gasteiger charge is -2.26. The molecule has 148 valence electrons. The molecule has 1 aliphatic rings. The summed E-state index contributed by atoms with van der Waals surface area (Å²) >= 11 is 6.17. The number of aromatic amines is 1. The molecule has 1 aromatic heterocycles. The molecule has 0 radical (unpaired) electrons. The van der Waals surface area contributed by atoms with Crippen molar-refractivity contribution in [3.05, 3.63) is 63.0 Å². The highest BCUT2D eigenvalue weighted by Crippen LogP contribution is 2.31.